The number of ether oxygens (including phenoxy) is 1. The Kier molecular flexibility index (Phi) is 5.39. The van der Waals surface area contributed by atoms with Gasteiger partial charge in [0.25, 0.3) is 0 Å². The van der Waals surface area contributed by atoms with E-state index in [0.717, 1.165) is 24.2 Å². The molecule has 2 aliphatic rings. The van der Waals surface area contributed by atoms with Crippen molar-refractivity contribution in [1.82, 2.24) is 20.3 Å². The summed E-state index contributed by atoms with van der Waals surface area (Å²) in [6.45, 7) is 5.05. The van der Waals surface area contributed by atoms with Crippen molar-refractivity contribution in [3.8, 4) is 0 Å². The average Bonchev–Trinajstić information content (AvgIpc) is 3.29. The van der Waals surface area contributed by atoms with Gasteiger partial charge in [0.15, 0.2) is 11.6 Å². The molecular weight excluding hydrogens is 358 g/mol. The summed E-state index contributed by atoms with van der Waals surface area (Å²) in [5.74, 6) is 1.25. The standard InChI is InChI=1S/C20H29N5O3/c1-14-12-17(28-24-14)20(8-10-27-11-9-20)22-19(26)21-18-13-15(2)25(23-18)16-6-4-3-5-7-16/h12-13,16H,3-11H2,1-2H3,(H2,21,22,23,26). The van der Waals surface area contributed by atoms with Crippen molar-refractivity contribution >= 4 is 11.8 Å². The van der Waals surface area contributed by atoms with E-state index in [1.165, 1.54) is 19.3 Å². The van der Waals surface area contributed by atoms with E-state index in [1.54, 1.807) is 0 Å². The average molecular weight is 387 g/mol. The first kappa shape index (κ1) is 19.0. The summed E-state index contributed by atoms with van der Waals surface area (Å²) in [6.07, 6.45) is 7.39. The Morgan fingerprint density at radius 1 is 1.18 bits per heavy atom. The second-order valence-electron chi connectivity index (χ2n) is 8.01. The summed E-state index contributed by atoms with van der Waals surface area (Å²) in [7, 11) is 0. The van der Waals surface area contributed by atoms with Crippen LogP contribution in [-0.4, -0.2) is 34.2 Å². The molecule has 0 unspecified atom stereocenters. The first-order chi connectivity index (χ1) is 13.6. The molecule has 1 saturated carbocycles. The van der Waals surface area contributed by atoms with Gasteiger partial charge in [-0.15, -0.1) is 0 Å². The minimum Gasteiger partial charge on any atom is -0.381 e. The van der Waals surface area contributed by atoms with E-state index in [4.69, 9.17) is 9.26 Å². The van der Waals surface area contributed by atoms with Crippen LogP contribution in [0.15, 0.2) is 16.7 Å². The van der Waals surface area contributed by atoms with E-state index in [1.807, 2.05) is 26.0 Å². The van der Waals surface area contributed by atoms with Crippen LogP contribution in [0.2, 0.25) is 0 Å². The van der Waals surface area contributed by atoms with Gasteiger partial charge in [0.05, 0.1) is 11.7 Å². The molecule has 2 aromatic heterocycles. The predicted octanol–water partition coefficient (Wildman–Crippen LogP) is 3.82. The molecule has 2 fully saturated rings. The molecule has 2 aromatic rings. The highest BCUT2D eigenvalue weighted by molar-refractivity contribution is 5.88. The van der Waals surface area contributed by atoms with E-state index < -0.39 is 5.54 Å². The molecule has 2 N–H and O–H groups in total. The topological polar surface area (TPSA) is 94.2 Å². The van der Waals surface area contributed by atoms with Crippen molar-refractivity contribution < 1.29 is 14.1 Å². The van der Waals surface area contributed by atoms with Gasteiger partial charge in [-0.3, -0.25) is 10.00 Å². The van der Waals surface area contributed by atoms with Gasteiger partial charge in [0.1, 0.15) is 5.54 Å². The Hall–Kier alpha value is -2.35. The zero-order chi connectivity index (χ0) is 19.6. The first-order valence-corrected chi connectivity index (χ1v) is 10.2. The summed E-state index contributed by atoms with van der Waals surface area (Å²) in [6, 6.07) is 3.97. The molecule has 0 radical (unpaired) electrons. The van der Waals surface area contributed by atoms with Crippen LogP contribution < -0.4 is 10.6 Å². The van der Waals surface area contributed by atoms with Gasteiger partial charge in [0, 0.05) is 43.9 Å². The molecule has 8 nitrogen and oxygen atoms in total. The normalized spacial score (nSPS) is 20.1. The van der Waals surface area contributed by atoms with E-state index in [-0.39, 0.29) is 6.03 Å². The molecule has 0 aromatic carbocycles. The Morgan fingerprint density at radius 2 is 1.93 bits per heavy atom. The number of amides is 2. The number of carbonyl (C=O) groups is 1. The van der Waals surface area contributed by atoms with Gasteiger partial charge in [-0.2, -0.15) is 5.10 Å². The molecular formula is C20H29N5O3. The fraction of sp³-hybridized carbons (Fsp3) is 0.650. The minimum absolute atomic E-state index is 0.288. The summed E-state index contributed by atoms with van der Waals surface area (Å²) >= 11 is 0. The third-order valence-corrected chi connectivity index (χ3v) is 5.88. The summed E-state index contributed by atoms with van der Waals surface area (Å²) in [5.41, 5.74) is 1.27. The molecule has 1 aliphatic carbocycles. The molecule has 3 heterocycles. The number of rotatable bonds is 4. The highest BCUT2D eigenvalue weighted by Crippen LogP contribution is 2.33. The van der Waals surface area contributed by atoms with Gasteiger partial charge < -0.3 is 14.6 Å². The highest BCUT2D eigenvalue weighted by Gasteiger charge is 2.39. The summed E-state index contributed by atoms with van der Waals surface area (Å²) < 4.78 is 13.1. The van der Waals surface area contributed by atoms with Crippen LogP contribution >= 0.6 is 0 Å². The van der Waals surface area contributed by atoms with Gasteiger partial charge >= 0.3 is 6.03 Å². The molecule has 0 atom stereocenters. The Bertz CT molecular complexity index is 816. The molecule has 8 heteroatoms. The van der Waals surface area contributed by atoms with Gasteiger partial charge in [0.2, 0.25) is 0 Å². The van der Waals surface area contributed by atoms with Crippen LogP contribution in [0.4, 0.5) is 10.6 Å². The highest BCUT2D eigenvalue weighted by atomic mass is 16.5. The van der Waals surface area contributed by atoms with E-state index in [2.05, 4.69) is 25.6 Å². The lowest BCUT2D eigenvalue weighted by molar-refractivity contribution is 0.0307. The molecule has 152 valence electrons. The predicted molar refractivity (Wildman–Crippen MR) is 104 cm³/mol. The monoisotopic (exact) mass is 387 g/mol. The van der Waals surface area contributed by atoms with Crippen molar-refractivity contribution in [3.63, 3.8) is 0 Å². The van der Waals surface area contributed by atoms with Crippen molar-refractivity contribution in [1.29, 1.82) is 0 Å². The quantitative estimate of drug-likeness (QED) is 0.832. The second kappa shape index (κ2) is 7.95. The van der Waals surface area contributed by atoms with Crippen LogP contribution in [-0.2, 0) is 10.3 Å². The van der Waals surface area contributed by atoms with Gasteiger partial charge in [-0.25, -0.2) is 4.79 Å². The molecule has 1 saturated heterocycles. The number of nitrogens with one attached hydrogen (secondary N) is 2. The number of urea groups is 1. The lowest BCUT2D eigenvalue weighted by Crippen LogP contribution is -2.50. The minimum atomic E-state index is -0.607. The van der Waals surface area contributed by atoms with E-state index in [9.17, 15) is 4.79 Å². The third-order valence-electron chi connectivity index (χ3n) is 5.88. The SMILES string of the molecule is Cc1cc(C2(NC(=O)Nc3cc(C)n(C4CCCCC4)n3)CCOCC2)on1. The summed E-state index contributed by atoms with van der Waals surface area (Å²) in [4.78, 5) is 12.8. The number of carbonyl (C=O) groups excluding carboxylic acids is 1. The molecule has 28 heavy (non-hydrogen) atoms. The van der Waals surface area contributed by atoms with E-state index in [0.29, 0.717) is 43.7 Å². The van der Waals surface area contributed by atoms with Crippen molar-refractivity contribution in [2.75, 3.05) is 18.5 Å². The van der Waals surface area contributed by atoms with Crippen LogP contribution in [0.5, 0.6) is 0 Å². The maximum absolute atomic E-state index is 12.8. The van der Waals surface area contributed by atoms with Gasteiger partial charge in [-0.05, 0) is 26.7 Å². The number of hydrogen-bond donors (Lipinski definition) is 2. The molecule has 4 rings (SSSR count). The number of hydrogen-bond acceptors (Lipinski definition) is 5. The maximum Gasteiger partial charge on any atom is 0.321 e. The zero-order valence-electron chi connectivity index (χ0n) is 16.7. The number of nitrogens with zero attached hydrogens (tertiary/aromatic N) is 3. The second-order valence-corrected chi connectivity index (χ2v) is 8.01. The lowest BCUT2D eigenvalue weighted by atomic mass is 9.87. The fourth-order valence-electron chi connectivity index (χ4n) is 4.35. The molecule has 0 spiro atoms. The van der Waals surface area contributed by atoms with Crippen molar-refractivity contribution in [3.05, 3.63) is 29.3 Å². The Morgan fingerprint density at radius 3 is 2.61 bits per heavy atom. The van der Waals surface area contributed by atoms with Gasteiger partial charge in [-0.1, -0.05) is 24.4 Å². The molecule has 2 amide bonds. The smallest absolute Gasteiger partial charge is 0.321 e. The van der Waals surface area contributed by atoms with E-state index >= 15 is 0 Å². The Balaban J connectivity index is 1.47. The largest absolute Gasteiger partial charge is 0.381 e. The molecule has 1 aliphatic heterocycles. The van der Waals surface area contributed by atoms with Crippen molar-refractivity contribution in [2.45, 2.75) is 70.4 Å². The number of anilines is 1. The Labute approximate surface area is 165 Å². The van der Waals surface area contributed by atoms with Crippen LogP contribution in [0.1, 0.15) is 68.1 Å². The van der Waals surface area contributed by atoms with Crippen LogP contribution in [0.3, 0.4) is 0 Å². The molecule has 0 bridgehead atoms. The fourth-order valence-corrected chi connectivity index (χ4v) is 4.35. The zero-order valence-corrected chi connectivity index (χ0v) is 16.7. The maximum atomic E-state index is 12.8. The third kappa shape index (κ3) is 3.92. The first-order valence-electron chi connectivity index (χ1n) is 10.2. The lowest BCUT2D eigenvalue weighted by Gasteiger charge is -2.35. The summed E-state index contributed by atoms with van der Waals surface area (Å²) in [5, 5.41) is 14.7. The number of aryl methyl sites for hydroxylation is 2. The van der Waals surface area contributed by atoms with Crippen molar-refractivity contribution in [2.24, 2.45) is 0 Å². The number of aromatic nitrogens is 3. The van der Waals surface area contributed by atoms with Crippen LogP contribution in [0.25, 0.3) is 0 Å². The van der Waals surface area contributed by atoms with Crippen LogP contribution in [0, 0.1) is 13.8 Å².